The SMILES string of the molecule is C=CC(=C)CCOP(=O)([O-])OP(=O)([O-])O. The molecular formula is C6H10O7P2-2. The fraction of sp³-hybridized carbons (Fsp3) is 0.333. The Morgan fingerprint density at radius 1 is 1.47 bits per heavy atom. The van der Waals surface area contributed by atoms with Gasteiger partial charge in [-0.15, -0.1) is 0 Å². The van der Waals surface area contributed by atoms with Crippen LogP contribution in [0, 0.1) is 0 Å². The quantitative estimate of drug-likeness (QED) is 0.506. The summed E-state index contributed by atoms with van der Waals surface area (Å²) in [6, 6.07) is 0. The summed E-state index contributed by atoms with van der Waals surface area (Å²) in [6.07, 6.45) is 1.54. The molecule has 2 atom stereocenters. The maximum atomic E-state index is 10.7. The molecule has 0 saturated heterocycles. The van der Waals surface area contributed by atoms with Crippen LogP contribution in [-0.2, 0) is 18.0 Å². The molecule has 0 aliphatic rings. The van der Waals surface area contributed by atoms with Crippen molar-refractivity contribution in [1.29, 1.82) is 0 Å². The Morgan fingerprint density at radius 3 is 2.40 bits per heavy atom. The fourth-order valence-corrected chi connectivity index (χ4v) is 2.05. The zero-order valence-electron chi connectivity index (χ0n) is 7.70. The number of phosphoric ester groups is 1. The van der Waals surface area contributed by atoms with Gasteiger partial charge in [-0.1, -0.05) is 24.8 Å². The van der Waals surface area contributed by atoms with E-state index in [1.54, 1.807) is 0 Å². The Kier molecular flexibility index (Phi) is 5.62. The van der Waals surface area contributed by atoms with E-state index in [4.69, 9.17) is 4.89 Å². The normalized spacial score (nSPS) is 18.9. The molecule has 0 bridgehead atoms. The molecule has 7 nitrogen and oxygen atoms in total. The second-order valence-electron chi connectivity index (χ2n) is 2.44. The highest BCUT2D eigenvalue weighted by atomic mass is 31.3. The highest BCUT2D eigenvalue weighted by molar-refractivity contribution is 7.59. The van der Waals surface area contributed by atoms with Crippen molar-refractivity contribution in [2.24, 2.45) is 0 Å². The molecule has 0 aliphatic heterocycles. The predicted molar refractivity (Wildman–Crippen MR) is 48.4 cm³/mol. The Labute approximate surface area is 86.9 Å². The minimum absolute atomic E-state index is 0.147. The zero-order valence-corrected chi connectivity index (χ0v) is 9.49. The average Bonchev–Trinajstić information content (AvgIpc) is 1.98. The lowest BCUT2D eigenvalue weighted by Gasteiger charge is -2.27. The van der Waals surface area contributed by atoms with Gasteiger partial charge in [0, 0.05) is 0 Å². The Hall–Kier alpha value is -0.260. The second-order valence-corrected chi connectivity index (χ2v) is 5.19. The maximum absolute atomic E-state index is 10.7. The van der Waals surface area contributed by atoms with E-state index in [9.17, 15) is 18.9 Å². The van der Waals surface area contributed by atoms with Crippen molar-refractivity contribution in [3.05, 3.63) is 24.8 Å². The van der Waals surface area contributed by atoms with Crippen LogP contribution in [0.3, 0.4) is 0 Å². The van der Waals surface area contributed by atoms with Crippen molar-refractivity contribution in [2.75, 3.05) is 6.61 Å². The third-order valence-corrected chi connectivity index (χ3v) is 3.29. The van der Waals surface area contributed by atoms with Crippen LogP contribution in [0.25, 0.3) is 0 Å². The molecule has 0 aromatic carbocycles. The van der Waals surface area contributed by atoms with Crippen LogP contribution in [0.15, 0.2) is 24.8 Å². The summed E-state index contributed by atoms with van der Waals surface area (Å²) in [5.74, 6) is 0. The molecule has 1 N–H and O–H groups in total. The number of allylic oxidation sites excluding steroid dienone is 1. The van der Waals surface area contributed by atoms with Gasteiger partial charge in [0.05, 0.1) is 6.61 Å². The first kappa shape index (κ1) is 14.7. The molecule has 0 radical (unpaired) electrons. The third kappa shape index (κ3) is 8.72. The first-order chi connectivity index (χ1) is 6.66. The van der Waals surface area contributed by atoms with Gasteiger partial charge < -0.3 is 19.2 Å². The first-order valence-electron chi connectivity index (χ1n) is 3.67. The van der Waals surface area contributed by atoms with Crippen molar-refractivity contribution >= 4 is 15.6 Å². The second kappa shape index (κ2) is 5.72. The number of rotatable bonds is 7. The third-order valence-electron chi connectivity index (χ3n) is 1.16. The van der Waals surface area contributed by atoms with Crippen LogP contribution >= 0.6 is 15.6 Å². The van der Waals surface area contributed by atoms with Gasteiger partial charge in [0.25, 0.3) is 15.6 Å². The molecule has 9 heteroatoms. The van der Waals surface area contributed by atoms with Crippen LogP contribution in [0.1, 0.15) is 6.42 Å². The summed E-state index contributed by atoms with van der Waals surface area (Å²) >= 11 is 0. The van der Waals surface area contributed by atoms with E-state index in [2.05, 4.69) is 22.0 Å². The van der Waals surface area contributed by atoms with Crippen molar-refractivity contribution in [3.63, 3.8) is 0 Å². The van der Waals surface area contributed by atoms with Crippen LogP contribution in [0.2, 0.25) is 0 Å². The van der Waals surface area contributed by atoms with Crippen molar-refractivity contribution in [3.8, 4) is 0 Å². The van der Waals surface area contributed by atoms with Crippen LogP contribution in [-0.4, -0.2) is 11.5 Å². The molecule has 0 aromatic heterocycles. The van der Waals surface area contributed by atoms with Crippen molar-refractivity contribution in [1.82, 2.24) is 0 Å². The largest absolute Gasteiger partial charge is 0.756 e. The van der Waals surface area contributed by atoms with E-state index in [0.29, 0.717) is 5.57 Å². The topological polar surface area (TPSA) is 119 Å². The Bertz CT molecular complexity index is 330. The molecule has 0 spiro atoms. The fourth-order valence-electron chi connectivity index (χ4n) is 0.541. The number of hydrogen-bond donors (Lipinski definition) is 1. The van der Waals surface area contributed by atoms with Crippen molar-refractivity contribution < 1.29 is 32.6 Å². The van der Waals surface area contributed by atoms with Crippen LogP contribution in [0.4, 0.5) is 0 Å². The maximum Gasteiger partial charge on any atom is 0.274 e. The molecule has 0 rings (SSSR count). The molecule has 0 saturated carbocycles. The molecule has 0 heterocycles. The summed E-state index contributed by atoms with van der Waals surface area (Å²) in [6.45, 7) is 6.50. The summed E-state index contributed by atoms with van der Waals surface area (Å²) in [7, 11) is -10.4. The average molecular weight is 256 g/mol. The van der Waals surface area contributed by atoms with E-state index < -0.39 is 15.6 Å². The van der Waals surface area contributed by atoms with E-state index in [0.717, 1.165) is 0 Å². The van der Waals surface area contributed by atoms with Crippen LogP contribution < -0.4 is 9.79 Å². The van der Waals surface area contributed by atoms with E-state index >= 15 is 0 Å². The van der Waals surface area contributed by atoms with Gasteiger partial charge in [0.2, 0.25) is 0 Å². The van der Waals surface area contributed by atoms with Gasteiger partial charge in [-0.2, -0.15) is 0 Å². The minimum Gasteiger partial charge on any atom is -0.756 e. The number of hydrogen-bond acceptors (Lipinski definition) is 6. The highest BCUT2D eigenvalue weighted by Crippen LogP contribution is 2.52. The van der Waals surface area contributed by atoms with Gasteiger partial charge >= 0.3 is 0 Å². The lowest BCUT2D eigenvalue weighted by atomic mass is 10.2. The first-order valence-corrected chi connectivity index (χ1v) is 6.63. The van der Waals surface area contributed by atoms with E-state index in [1.807, 2.05) is 0 Å². The molecule has 15 heavy (non-hydrogen) atoms. The van der Waals surface area contributed by atoms with Gasteiger partial charge in [0.15, 0.2) is 0 Å². The van der Waals surface area contributed by atoms with Crippen LogP contribution in [0.5, 0.6) is 0 Å². The Morgan fingerprint density at radius 2 is 2.00 bits per heavy atom. The summed E-state index contributed by atoms with van der Waals surface area (Å²) in [5.41, 5.74) is 0.518. The Balaban J connectivity index is 4.06. The van der Waals surface area contributed by atoms with E-state index in [1.165, 1.54) is 6.08 Å². The van der Waals surface area contributed by atoms with Gasteiger partial charge in [-0.25, -0.2) is 4.31 Å². The molecule has 0 fully saturated rings. The molecule has 2 unspecified atom stereocenters. The molecule has 0 amide bonds. The molecule has 88 valence electrons. The molecule has 0 aromatic rings. The summed E-state index contributed by atoms with van der Waals surface area (Å²) < 4.78 is 28.2. The number of phosphoric acid groups is 2. The standard InChI is InChI=1S/C6H12O7P2/c1-3-6(2)4-5-12-15(10,11)13-14(7,8)9/h3H,1-2,4-5H2,(H,10,11)(H2,7,8,9)/p-2. The van der Waals surface area contributed by atoms with Gasteiger partial charge in [-0.3, -0.25) is 9.13 Å². The lowest BCUT2D eigenvalue weighted by Crippen LogP contribution is -2.12. The lowest BCUT2D eigenvalue weighted by molar-refractivity contribution is -0.240. The monoisotopic (exact) mass is 256 g/mol. The zero-order chi connectivity index (χ0) is 12.1. The van der Waals surface area contributed by atoms with Gasteiger partial charge in [0.1, 0.15) is 0 Å². The predicted octanol–water partition coefficient (Wildman–Crippen LogP) is 0.0810. The van der Waals surface area contributed by atoms with Crippen molar-refractivity contribution in [2.45, 2.75) is 6.42 Å². The molecular weight excluding hydrogens is 246 g/mol. The molecule has 0 aliphatic carbocycles. The smallest absolute Gasteiger partial charge is 0.274 e. The highest BCUT2D eigenvalue weighted by Gasteiger charge is 2.16. The minimum atomic E-state index is -5.35. The van der Waals surface area contributed by atoms with E-state index in [-0.39, 0.29) is 13.0 Å². The summed E-state index contributed by atoms with van der Waals surface area (Å²) in [4.78, 5) is 28.9. The summed E-state index contributed by atoms with van der Waals surface area (Å²) in [5, 5.41) is 0. The van der Waals surface area contributed by atoms with Gasteiger partial charge in [-0.05, 0) is 6.42 Å².